The Morgan fingerprint density at radius 3 is 2.33 bits per heavy atom. The lowest BCUT2D eigenvalue weighted by molar-refractivity contribution is 0.0390. The number of alkyl halides is 1. The summed E-state index contributed by atoms with van der Waals surface area (Å²) in [5.74, 6) is 0.874. The number of hydrogen-bond acceptors (Lipinski definition) is 1. The molecule has 2 rings (SSSR count). The molecule has 2 aliphatic carbocycles. The Labute approximate surface area is 102 Å². The van der Waals surface area contributed by atoms with E-state index in [0.29, 0.717) is 5.41 Å². The predicted octanol–water partition coefficient (Wildman–Crippen LogP) is 4.15. The van der Waals surface area contributed by atoms with Crippen LogP contribution in [0.15, 0.2) is 0 Å². The lowest BCUT2D eigenvalue weighted by Gasteiger charge is -2.26. The summed E-state index contributed by atoms with van der Waals surface area (Å²) < 4.78 is 5.97. The molecule has 0 bridgehead atoms. The van der Waals surface area contributed by atoms with E-state index in [9.17, 15) is 0 Å². The first kappa shape index (κ1) is 11.9. The van der Waals surface area contributed by atoms with Crippen molar-refractivity contribution in [1.82, 2.24) is 0 Å². The van der Waals surface area contributed by atoms with Crippen LogP contribution in [0.25, 0.3) is 0 Å². The fourth-order valence-electron chi connectivity index (χ4n) is 3.06. The summed E-state index contributed by atoms with van der Waals surface area (Å²) in [6.45, 7) is 2.02. The van der Waals surface area contributed by atoms with Gasteiger partial charge < -0.3 is 4.74 Å². The molecule has 0 atom stereocenters. The Bertz CT molecular complexity index is 181. The zero-order valence-electron chi connectivity index (χ0n) is 9.64. The van der Waals surface area contributed by atoms with E-state index >= 15 is 0 Å². The lowest BCUT2D eigenvalue weighted by Crippen LogP contribution is -2.26. The highest BCUT2D eigenvalue weighted by molar-refractivity contribution is 9.09. The van der Waals surface area contributed by atoms with Crippen molar-refractivity contribution >= 4 is 15.9 Å². The van der Waals surface area contributed by atoms with Crippen LogP contribution in [0.5, 0.6) is 0 Å². The SMILES string of the molecule is BrCC1(COCC2CCCC2)CCCC1. The molecule has 0 aliphatic heterocycles. The molecule has 0 N–H and O–H groups in total. The molecule has 88 valence electrons. The number of ether oxygens (including phenoxy) is 1. The molecular weight excluding hydrogens is 252 g/mol. The van der Waals surface area contributed by atoms with Crippen molar-refractivity contribution in [3.8, 4) is 0 Å². The predicted molar refractivity (Wildman–Crippen MR) is 67.5 cm³/mol. The van der Waals surface area contributed by atoms with E-state index in [-0.39, 0.29) is 0 Å². The van der Waals surface area contributed by atoms with Gasteiger partial charge in [-0.1, -0.05) is 41.6 Å². The van der Waals surface area contributed by atoms with Crippen LogP contribution in [0.3, 0.4) is 0 Å². The number of rotatable bonds is 5. The van der Waals surface area contributed by atoms with Gasteiger partial charge in [0.15, 0.2) is 0 Å². The first-order valence-electron chi connectivity index (χ1n) is 6.48. The Morgan fingerprint density at radius 1 is 1.07 bits per heavy atom. The van der Waals surface area contributed by atoms with E-state index in [0.717, 1.165) is 24.5 Å². The highest BCUT2D eigenvalue weighted by atomic mass is 79.9. The van der Waals surface area contributed by atoms with Gasteiger partial charge in [-0.2, -0.15) is 0 Å². The average molecular weight is 275 g/mol. The monoisotopic (exact) mass is 274 g/mol. The second kappa shape index (κ2) is 5.67. The van der Waals surface area contributed by atoms with Gasteiger partial charge in [0.2, 0.25) is 0 Å². The van der Waals surface area contributed by atoms with Crippen LogP contribution in [0.1, 0.15) is 51.4 Å². The fourth-order valence-corrected chi connectivity index (χ4v) is 3.78. The summed E-state index contributed by atoms with van der Waals surface area (Å²) in [7, 11) is 0. The minimum absolute atomic E-state index is 0.485. The van der Waals surface area contributed by atoms with Gasteiger partial charge in [0.05, 0.1) is 6.61 Å². The topological polar surface area (TPSA) is 9.23 Å². The Kier molecular flexibility index (Phi) is 4.51. The average Bonchev–Trinajstić information content (AvgIpc) is 2.89. The zero-order chi connectivity index (χ0) is 10.6. The molecule has 15 heavy (non-hydrogen) atoms. The summed E-state index contributed by atoms with van der Waals surface area (Å²) in [4.78, 5) is 0. The Balaban J connectivity index is 1.67. The highest BCUT2D eigenvalue weighted by Crippen LogP contribution is 2.40. The molecule has 2 aliphatic rings. The van der Waals surface area contributed by atoms with Crippen molar-refractivity contribution < 1.29 is 4.74 Å². The van der Waals surface area contributed by atoms with Gasteiger partial charge in [0.25, 0.3) is 0 Å². The minimum Gasteiger partial charge on any atom is -0.381 e. The van der Waals surface area contributed by atoms with E-state index in [1.165, 1.54) is 51.4 Å². The molecular formula is C13H23BrO. The van der Waals surface area contributed by atoms with Crippen molar-refractivity contribution in [2.24, 2.45) is 11.3 Å². The van der Waals surface area contributed by atoms with Crippen LogP contribution in [-0.4, -0.2) is 18.5 Å². The standard InChI is InChI=1S/C13H23BrO/c14-10-13(7-3-4-8-13)11-15-9-12-5-1-2-6-12/h12H,1-11H2. The maximum atomic E-state index is 5.97. The van der Waals surface area contributed by atoms with Crippen molar-refractivity contribution in [1.29, 1.82) is 0 Å². The van der Waals surface area contributed by atoms with Crippen LogP contribution in [-0.2, 0) is 4.74 Å². The molecule has 0 heterocycles. The van der Waals surface area contributed by atoms with Crippen LogP contribution in [0, 0.1) is 11.3 Å². The third-order valence-corrected chi connectivity index (χ3v) is 5.37. The van der Waals surface area contributed by atoms with Crippen LogP contribution in [0.2, 0.25) is 0 Å². The molecule has 0 aromatic heterocycles. The summed E-state index contributed by atoms with van der Waals surface area (Å²) in [6.07, 6.45) is 11.2. The summed E-state index contributed by atoms with van der Waals surface area (Å²) in [5, 5.41) is 1.13. The van der Waals surface area contributed by atoms with E-state index in [2.05, 4.69) is 15.9 Å². The Morgan fingerprint density at radius 2 is 1.73 bits per heavy atom. The molecule has 0 spiro atoms. The third kappa shape index (κ3) is 3.20. The summed E-state index contributed by atoms with van der Waals surface area (Å²) in [5.41, 5.74) is 0.485. The second-order valence-electron chi connectivity index (χ2n) is 5.51. The number of hydrogen-bond donors (Lipinski definition) is 0. The van der Waals surface area contributed by atoms with Gasteiger partial charge in [-0.15, -0.1) is 0 Å². The van der Waals surface area contributed by atoms with E-state index in [1.54, 1.807) is 0 Å². The van der Waals surface area contributed by atoms with Gasteiger partial charge >= 0.3 is 0 Å². The molecule has 0 radical (unpaired) electrons. The molecule has 0 aromatic carbocycles. The molecule has 0 saturated heterocycles. The lowest BCUT2D eigenvalue weighted by atomic mass is 9.90. The van der Waals surface area contributed by atoms with Gasteiger partial charge in [-0.3, -0.25) is 0 Å². The summed E-state index contributed by atoms with van der Waals surface area (Å²) in [6, 6.07) is 0. The van der Waals surface area contributed by atoms with Gasteiger partial charge in [0, 0.05) is 17.4 Å². The second-order valence-corrected chi connectivity index (χ2v) is 6.07. The first-order valence-corrected chi connectivity index (χ1v) is 7.61. The molecule has 2 fully saturated rings. The minimum atomic E-state index is 0.485. The van der Waals surface area contributed by atoms with Crippen molar-refractivity contribution in [2.45, 2.75) is 51.4 Å². The molecule has 0 amide bonds. The van der Waals surface area contributed by atoms with Crippen LogP contribution < -0.4 is 0 Å². The molecule has 0 unspecified atom stereocenters. The van der Waals surface area contributed by atoms with Crippen LogP contribution >= 0.6 is 15.9 Å². The van der Waals surface area contributed by atoms with E-state index in [4.69, 9.17) is 4.74 Å². The largest absolute Gasteiger partial charge is 0.381 e. The fraction of sp³-hybridized carbons (Fsp3) is 1.00. The maximum Gasteiger partial charge on any atom is 0.0530 e. The van der Waals surface area contributed by atoms with Crippen molar-refractivity contribution in [3.05, 3.63) is 0 Å². The van der Waals surface area contributed by atoms with Gasteiger partial charge in [0.1, 0.15) is 0 Å². The highest BCUT2D eigenvalue weighted by Gasteiger charge is 2.33. The van der Waals surface area contributed by atoms with Crippen LogP contribution in [0.4, 0.5) is 0 Å². The quantitative estimate of drug-likeness (QED) is 0.685. The van der Waals surface area contributed by atoms with E-state index in [1.807, 2.05) is 0 Å². The van der Waals surface area contributed by atoms with Gasteiger partial charge in [-0.05, 0) is 31.6 Å². The summed E-state index contributed by atoms with van der Waals surface area (Å²) >= 11 is 3.67. The zero-order valence-corrected chi connectivity index (χ0v) is 11.2. The normalized spacial score (nSPS) is 26.2. The third-order valence-electron chi connectivity index (χ3n) is 4.18. The van der Waals surface area contributed by atoms with Crippen molar-refractivity contribution in [3.63, 3.8) is 0 Å². The van der Waals surface area contributed by atoms with E-state index < -0.39 is 0 Å². The smallest absolute Gasteiger partial charge is 0.0530 e. The maximum absolute atomic E-state index is 5.97. The molecule has 1 nitrogen and oxygen atoms in total. The van der Waals surface area contributed by atoms with Gasteiger partial charge in [-0.25, -0.2) is 0 Å². The number of halogens is 1. The van der Waals surface area contributed by atoms with Crippen molar-refractivity contribution in [2.75, 3.05) is 18.5 Å². The molecule has 2 heteroatoms. The molecule has 0 aromatic rings. The molecule has 2 saturated carbocycles. The Hall–Kier alpha value is 0.440. The first-order chi connectivity index (χ1) is 7.35.